The quantitative estimate of drug-likeness (QED) is 0.810. The second-order valence-corrected chi connectivity index (χ2v) is 7.16. The number of ketones is 1. The molecule has 1 atom stereocenters. The number of ether oxygens (including phenoxy) is 1. The molecule has 0 saturated heterocycles. The number of carbonyl (C=O) groups excluding carboxylic acids is 1. The van der Waals surface area contributed by atoms with E-state index in [1.165, 1.54) is 0 Å². The summed E-state index contributed by atoms with van der Waals surface area (Å²) in [5, 5.41) is 11.4. The maximum absolute atomic E-state index is 12.3. The van der Waals surface area contributed by atoms with Gasteiger partial charge in [-0.05, 0) is 36.6 Å². The third-order valence-corrected chi connectivity index (χ3v) is 4.95. The van der Waals surface area contributed by atoms with Gasteiger partial charge in [-0.1, -0.05) is 30.3 Å². The molecule has 4 rings (SSSR count). The molecule has 0 spiro atoms. The second-order valence-electron chi connectivity index (χ2n) is 7.16. The van der Waals surface area contributed by atoms with Crippen molar-refractivity contribution in [1.29, 1.82) is 0 Å². The van der Waals surface area contributed by atoms with Gasteiger partial charge < -0.3 is 14.7 Å². The molecule has 2 N–H and O–H groups in total. The van der Waals surface area contributed by atoms with E-state index in [4.69, 9.17) is 9.84 Å². The Balaban J connectivity index is 1.59. The lowest BCUT2D eigenvalue weighted by Gasteiger charge is -2.36. The van der Waals surface area contributed by atoms with E-state index in [1.807, 2.05) is 18.2 Å². The number of amides is 1. The fourth-order valence-electron chi connectivity index (χ4n) is 3.48. The molecule has 6 nitrogen and oxygen atoms in total. The Morgan fingerprint density at radius 1 is 1.15 bits per heavy atom. The first-order valence-electron chi connectivity index (χ1n) is 9.21. The molecule has 1 heterocycles. The highest BCUT2D eigenvalue weighted by Crippen LogP contribution is 2.38. The molecule has 0 radical (unpaired) electrons. The van der Waals surface area contributed by atoms with Gasteiger partial charge >= 0.3 is 6.09 Å². The van der Waals surface area contributed by atoms with Gasteiger partial charge in [0.1, 0.15) is 17.6 Å². The third-order valence-electron chi connectivity index (χ3n) is 4.95. The summed E-state index contributed by atoms with van der Waals surface area (Å²) in [6.07, 6.45) is 1.13. The molecule has 2 aromatic carbocycles. The maximum atomic E-state index is 12.3. The zero-order valence-corrected chi connectivity index (χ0v) is 14.9. The Morgan fingerprint density at radius 3 is 2.63 bits per heavy atom. The van der Waals surface area contributed by atoms with E-state index in [0.29, 0.717) is 30.9 Å². The summed E-state index contributed by atoms with van der Waals surface area (Å²) in [6, 6.07) is 15.3. The summed E-state index contributed by atoms with van der Waals surface area (Å²) in [4.78, 5) is 25.4. The van der Waals surface area contributed by atoms with Gasteiger partial charge in [-0.3, -0.25) is 10.1 Å². The predicted molar refractivity (Wildman–Crippen MR) is 102 cm³/mol. The minimum absolute atomic E-state index is 0.187. The van der Waals surface area contributed by atoms with Gasteiger partial charge in [-0.25, -0.2) is 4.79 Å². The first-order chi connectivity index (χ1) is 13.1. The van der Waals surface area contributed by atoms with Crippen LogP contribution in [0.2, 0.25) is 0 Å². The SMILES string of the molecule is O=C(O)Nc1ccc2c(c1)N(Cc1ccccc1)CC(CC(=O)C1CC1)O2. The zero-order chi connectivity index (χ0) is 18.8. The number of nitrogens with zero attached hydrogens (tertiary/aromatic N) is 1. The highest BCUT2D eigenvalue weighted by atomic mass is 16.5. The zero-order valence-electron chi connectivity index (χ0n) is 14.9. The first kappa shape index (κ1) is 17.4. The topological polar surface area (TPSA) is 78.9 Å². The molecule has 1 amide bonds. The highest BCUT2D eigenvalue weighted by Gasteiger charge is 2.34. The van der Waals surface area contributed by atoms with Crippen LogP contribution in [-0.2, 0) is 11.3 Å². The van der Waals surface area contributed by atoms with Gasteiger partial charge in [-0.15, -0.1) is 0 Å². The number of carbonyl (C=O) groups is 2. The summed E-state index contributed by atoms with van der Waals surface area (Å²) in [7, 11) is 0. The molecular formula is C21H22N2O4. The molecule has 1 unspecified atom stereocenters. The van der Waals surface area contributed by atoms with E-state index in [2.05, 4.69) is 22.3 Å². The van der Waals surface area contributed by atoms with E-state index in [0.717, 1.165) is 24.1 Å². The second kappa shape index (κ2) is 7.31. The summed E-state index contributed by atoms with van der Waals surface area (Å²) < 4.78 is 6.07. The van der Waals surface area contributed by atoms with Crippen molar-refractivity contribution in [2.24, 2.45) is 5.92 Å². The lowest BCUT2D eigenvalue weighted by atomic mass is 10.1. The molecule has 1 fully saturated rings. The molecule has 1 aliphatic heterocycles. The van der Waals surface area contributed by atoms with Crippen molar-refractivity contribution in [2.45, 2.75) is 31.9 Å². The van der Waals surface area contributed by atoms with Crippen molar-refractivity contribution in [2.75, 3.05) is 16.8 Å². The molecule has 6 heteroatoms. The van der Waals surface area contributed by atoms with Crippen LogP contribution in [0.3, 0.4) is 0 Å². The van der Waals surface area contributed by atoms with Crippen molar-refractivity contribution in [3.05, 3.63) is 54.1 Å². The normalized spacial score (nSPS) is 18.4. The molecule has 140 valence electrons. The number of carboxylic acid groups (broad SMARTS) is 1. The highest BCUT2D eigenvalue weighted by molar-refractivity contribution is 5.85. The molecule has 0 bridgehead atoms. The number of anilines is 2. The molecule has 1 saturated carbocycles. The molecule has 2 aromatic rings. The Kier molecular flexibility index (Phi) is 4.71. The van der Waals surface area contributed by atoms with Gasteiger partial charge in [0.05, 0.1) is 12.2 Å². The van der Waals surface area contributed by atoms with Crippen molar-refractivity contribution in [1.82, 2.24) is 0 Å². The average molecular weight is 366 g/mol. The van der Waals surface area contributed by atoms with Crippen molar-refractivity contribution in [3.63, 3.8) is 0 Å². The van der Waals surface area contributed by atoms with Crippen LogP contribution < -0.4 is 15.0 Å². The Morgan fingerprint density at radius 2 is 1.93 bits per heavy atom. The number of Topliss-reactive ketones (excluding diaryl/α,β-unsaturated/α-hetero) is 1. The maximum Gasteiger partial charge on any atom is 0.409 e. The summed E-state index contributed by atoms with van der Waals surface area (Å²) >= 11 is 0. The minimum atomic E-state index is -1.10. The molecule has 2 aliphatic rings. The molecule has 1 aliphatic carbocycles. The monoisotopic (exact) mass is 366 g/mol. The fourth-order valence-corrected chi connectivity index (χ4v) is 3.48. The number of rotatable bonds is 6. The smallest absolute Gasteiger partial charge is 0.409 e. The first-order valence-corrected chi connectivity index (χ1v) is 9.21. The Labute approximate surface area is 157 Å². The fraction of sp³-hybridized carbons (Fsp3) is 0.333. The van der Waals surface area contributed by atoms with E-state index in [1.54, 1.807) is 18.2 Å². The van der Waals surface area contributed by atoms with E-state index < -0.39 is 6.09 Å². The lowest BCUT2D eigenvalue weighted by Crippen LogP contribution is -2.41. The standard InChI is InChI=1S/C21H22N2O4/c24-19(15-6-7-15)11-17-13-23(12-14-4-2-1-3-5-14)18-10-16(22-21(25)26)8-9-20(18)27-17/h1-5,8-10,15,17,22H,6-7,11-13H2,(H,25,26). The number of benzene rings is 2. The van der Waals surface area contributed by atoms with Crippen LogP contribution >= 0.6 is 0 Å². The predicted octanol–water partition coefficient (Wildman–Crippen LogP) is 3.91. The van der Waals surface area contributed by atoms with Crippen LogP contribution in [0.5, 0.6) is 5.75 Å². The van der Waals surface area contributed by atoms with E-state index in [-0.39, 0.29) is 17.8 Å². The largest absolute Gasteiger partial charge is 0.486 e. The van der Waals surface area contributed by atoms with Crippen LogP contribution in [0.15, 0.2) is 48.5 Å². The van der Waals surface area contributed by atoms with Gasteiger partial charge in [0.25, 0.3) is 0 Å². The van der Waals surface area contributed by atoms with Crippen molar-refractivity contribution >= 4 is 23.3 Å². The summed E-state index contributed by atoms with van der Waals surface area (Å²) in [5.74, 6) is 1.19. The van der Waals surface area contributed by atoms with Gasteiger partial charge in [0, 0.05) is 24.6 Å². The van der Waals surface area contributed by atoms with Crippen LogP contribution in [0, 0.1) is 5.92 Å². The van der Waals surface area contributed by atoms with Crippen LogP contribution in [0.4, 0.5) is 16.2 Å². The lowest BCUT2D eigenvalue weighted by molar-refractivity contribution is -0.121. The van der Waals surface area contributed by atoms with Crippen LogP contribution in [0.25, 0.3) is 0 Å². The molecule has 27 heavy (non-hydrogen) atoms. The van der Waals surface area contributed by atoms with Gasteiger partial charge in [-0.2, -0.15) is 0 Å². The van der Waals surface area contributed by atoms with E-state index >= 15 is 0 Å². The van der Waals surface area contributed by atoms with Crippen LogP contribution in [0.1, 0.15) is 24.8 Å². The average Bonchev–Trinajstić information content (AvgIpc) is 3.48. The number of nitrogens with one attached hydrogen (secondary N) is 1. The number of fused-ring (bicyclic) bond motifs is 1. The van der Waals surface area contributed by atoms with E-state index in [9.17, 15) is 9.59 Å². The van der Waals surface area contributed by atoms with Gasteiger partial charge in [0.2, 0.25) is 0 Å². The number of hydrogen-bond acceptors (Lipinski definition) is 4. The molecular weight excluding hydrogens is 344 g/mol. The van der Waals surface area contributed by atoms with Crippen molar-refractivity contribution < 1.29 is 19.4 Å². The summed E-state index contributed by atoms with van der Waals surface area (Å²) in [6.45, 7) is 1.26. The third kappa shape index (κ3) is 4.22. The Hall–Kier alpha value is -3.02. The van der Waals surface area contributed by atoms with Crippen LogP contribution in [-0.4, -0.2) is 29.6 Å². The summed E-state index contributed by atoms with van der Waals surface area (Å²) in [5.41, 5.74) is 2.48. The number of hydrogen-bond donors (Lipinski definition) is 2. The van der Waals surface area contributed by atoms with Crippen molar-refractivity contribution in [3.8, 4) is 5.75 Å². The minimum Gasteiger partial charge on any atom is -0.486 e. The van der Waals surface area contributed by atoms with Gasteiger partial charge in [0.15, 0.2) is 0 Å². The Bertz CT molecular complexity index is 849. The molecule has 0 aromatic heterocycles.